The highest BCUT2D eigenvalue weighted by Gasteiger charge is 2.32. The number of pyridine rings is 1. The van der Waals surface area contributed by atoms with E-state index in [-0.39, 0.29) is 10.6 Å². The lowest BCUT2D eigenvalue weighted by atomic mass is 10.1. The average Bonchev–Trinajstić information content (AvgIpc) is 3.04. The molecule has 1 aliphatic rings. The molecule has 1 aromatic heterocycles. The SMILES string of the molecule is Cc1ccc(S(=O)(=O)Oc2cc3n(c(=O)c2)[C@H](C(=O)CC(=O)OC(C)(C)C)CC3)cc1. The fourth-order valence-corrected chi connectivity index (χ4v) is 4.35. The summed E-state index contributed by atoms with van der Waals surface area (Å²) in [5.41, 5.74) is 0.101. The number of carbonyl (C=O) groups is 2. The lowest BCUT2D eigenvalue weighted by Crippen LogP contribution is -2.31. The van der Waals surface area contributed by atoms with Crippen LogP contribution >= 0.6 is 0 Å². The minimum atomic E-state index is -4.10. The number of ether oxygens (including phenoxy) is 1. The highest BCUT2D eigenvalue weighted by atomic mass is 32.2. The summed E-state index contributed by atoms with van der Waals surface area (Å²) in [6.07, 6.45) is 0.278. The molecule has 166 valence electrons. The Bertz CT molecular complexity index is 1170. The number of esters is 1. The molecule has 0 amide bonds. The van der Waals surface area contributed by atoms with Gasteiger partial charge in [-0.15, -0.1) is 0 Å². The lowest BCUT2D eigenvalue weighted by molar-refractivity contribution is -0.156. The van der Waals surface area contributed by atoms with Crippen LogP contribution in [-0.4, -0.2) is 30.3 Å². The molecule has 8 nitrogen and oxygen atoms in total. The molecule has 0 spiro atoms. The summed E-state index contributed by atoms with van der Waals surface area (Å²) in [4.78, 5) is 37.2. The van der Waals surface area contributed by atoms with Crippen molar-refractivity contribution in [2.24, 2.45) is 0 Å². The fraction of sp³-hybridized carbons (Fsp3) is 0.409. The topological polar surface area (TPSA) is 109 Å². The van der Waals surface area contributed by atoms with Crippen molar-refractivity contribution in [2.75, 3.05) is 0 Å². The third-order valence-corrected chi connectivity index (χ3v) is 5.99. The van der Waals surface area contributed by atoms with E-state index in [1.54, 1.807) is 32.9 Å². The zero-order valence-electron chi connectivity index (χ0n) is 17.9. The smallest absolute Gasteiger partial charge is 0.339 e. The molecule has 0 bridgehead atoms. The molecule has 0 saturated carbocycles. The maximum absolute atomic E-state index is 12.6. The summed E-state index contributed by atoms with van der Waals surface area (Å²) in [5, 5.41) is 0. The van der Waals surface area contributed by atoms with Crippen molar-refractivity contribution < 1.29 is 26.9 Å². The number of Topliss-reactive ketones (excluding diaryl/α,β-unsaturated/α-hetero) is 1. The van der Waals surface area contributed by atoms with Crippen molar-refractivity contribution in [3.8, 4) is 5.75 Å². The van der Waals surface area contributed by atoms with E-state index in [0.717, 1.165) is 11.6 Å². The summed E-state index contributed by atoms with van der Waals surface area (Å²) >= 11 is 0. The largest absolute Gasteiger partial charge is 0.460 e. The van der Waals surface area contributed by atoms with Crippen LogP contribution in [0.1, 0.15) is 50.9 Å². The molecule has 1 aromatic carbocycles. The number of hydrogen-bond donors (Lipinski definition) is 0. The maximum Gasteiger partial charge on any atom is 0.339 e. The van der Waals surface area contributed by atoms with Crippen LogP contribution in [-0.2, 0) is 30.9 Å². The Kier molecular flexibility index (Phi) is 6.09. The van der Waals surface area contributed by atoms with Crippen LogP contribution in [0.25, 0.3) is 0 Å². The summed E-state index contributed by atoms with van der Waals surface area (Å²) in [6.45, 7) is 6.95. The zero-order chi connectivity index (χ0) is 23.0. The van der Waals surface area contributed by atoms with Gasteiger partial charge in [0.05, 0.1) is 6.04 Å². The third-order valence-electron chi connectivity index (χ3n) is 4.73. The third kappa shape index (κ3) is 5.41. The number of aromatic nitrogens is 1. The first-order valence-corrected chi connectivity index (χ1v) is 11.3. The van der Waals surface area contributed by atoms with Crippen LogP contribution in [0.5, 0.6) is 5.75 Å². The fourth-order valence-electron chi connectivity index (χ4n) is 3.44. The number of aryl methyl sites for hydroxylation is 2. The van der Waals surface area contributed by atoms with Crippen LogP contribution < -0.4 is 9.74 Å². The molecular weight excluding hydrogens is 422 g/mol. The molecule has 0 unspecified atom stereocenters. The first kappa shape index (κ1) is 22.7. The van der Waals surface area contributed by atoms with E-state index in [9.17, 15) is 22.8 Å². The van der Waals surface area contributed by atoms with E-state index < -0.39 is 45.5 Å². The van der Waals surface area contributed by atoms with Gasteiger partial charge in [-0.3, -0.25) is 14.4 Å². The van der Waals surface area contributed by atoms with Crippen molar-refractivity contribution in [3.63, 3.8) is 0 Å². The van der Waals surface area contributed by atoms with Gasteiger partial charge in [0.2, 0.25) is 0 Å². The molecule has 0 radical (unpaired) electrons. The second-order valence-corrected chi connectivity index (χ2v) is 10.1. The number of benzene rings is 1. The number of ketones is 1. The van der Waals surface area contributed by atoms with Gasteiger partial charge in [0.25, 0.3) is 5.56 Å². The van der Waals surface area contributed by atoms with E-state index >= 15 is 0 Å². The van der Waals surface area contributed by atoms with Gasteiger partial charge >= 0.3 is 16.1 Å². The molecule has 0 aliphatic carbocycles. The minimum Gasteiger partial charge on any atom is -0.460 e. The highest BCUT2D eigenvalue weighted by molar-refractivity contribution is 7.87. The number of rotatable bonds is 6. The lowest BCUT2D eigenvalue weighted by Gasteiger charge is -2.20. The van der Waals surface area contributed by atoms with E-state index in [2.05, 4.69) is 0 Å². The van der Waals surface area contributed by atoms with Crippen molar-refractivity contribution in [2.45, 2.75) is 63.5 Å². The van der Waals surface area contributed by atoms with Crippen molar-refractivity contribution >= 4 is 21.9 Å². The van der Waals surface area contributed by atoms with E-state index in [1.165, 1.54) is 22.8 Å². The summed E-state index contributed by atoms with van der Waals surface area (Å²) < 4.78 is 36.6. The van der Waals surface area contributed by atoms with Crippen LogP contribution in [0.2, 0.25) is 0 Å². The van der Waals surface area contributed by atoms with E-state index in [1.807, 2.05) is 6.92 Å². The van der Waals surface area contributed by atoms with Gasteiger partial charge in [0, 0.05) is 17.8 Å². The van der Waals surface area contributed by atoms with E-state index in [4.69, 9.17) is 8.92 Å². The molecule has 1 aliphatic heterocycles. The monoisotopic (exact) mass is 447 g/mol. The molecule has 1 atom stereocenters. The molecular formula is C22H25NO7S. The van der Waals surface area contributed by atoms with E-state index in [0.29, 0.717) is 18.5 Å². The Hall–Kier alpha value is -2.94. The Morgan fingerprint density at radius 1 is 1.13 bits per heavy atom. The summed E-state index contributed by atoms with van der Waals surface area (Å²) in [7, 11) is -4.10. The molecule has 0 saturated heterocycles. The van der Waals surface area contributed by atoms with Gasteiger partial charge < -0.3 is 13.5 Å². The Morgan fingerprint density at radius 3 is 2.39 bits per heavy atom. The molecule has 3 rings (SSSR count). The molecule has 2 heterocycles. The van der Waals surface area contributed by atoms with Gasteiger partial charge in [0.15, 0.2) is 5.78 Å². The zero-order valence-corrected chi connectivity index (χ0v) is 18.7. The number of hydrogen-bond acceptors (Lipinski definition) is 7. The van der Waals surface area contributed by atoms with Gasteiger partial charge in [-0.1, -0.05) is 17.7 Å². The van der Waals surface area contributed by atoms with Crippen LogP contribution in [0.4, 0.5) is 0 Å². The van der Waals surface area contributed by atoms with Gasteiger partial charge in [-0.05, 0) is 52.7 Å². The molecule has 2 aromatic rings. The number of fused-ring (bicyclic) bond motifs is 1. The van der Waals surface area contributed by atoms with Crippen molar-refractivity contribution in [1.82, 2.24) is 4.57 Å². The molecule has 0 fully saturated rings. The average molecular weight is 448 g/mol. The standard InChI is InChI=1S/C22H25NO7S/c1-14-5-8-17(9-6-14)31(27,28)30-16-11-15-7-10-18(23(15)20(25)12-16)19(24)13-21(26)29-22(2,3)4/h5-6,8-9,11-12,18H,7,10,13H2,1-4H3/t18-/m0/s1. The van der Waals surface area contributed by atoms with Crippen molar-refractivity contribution in [3.05, 3.63) is 58.0 Å². The molecule has 31 heavy (non-hydrogen) atoms. The first-order valence-electron chi connectivity index (χ1n) is 9.87. The van der Waals surface area contributed by atoms with Crippen LogP contribution in [0.15, 0.2) is 46.1 Å². The summed E-state index contributed by atoms with van der Waals surface area (Å²) in [6, 6.07) is 7.83. The molecule has 9 heteroatoms. The molecule has 0 N–H and O–H groups in total. The van der Waals surface area contributed by atoms with Gasteiger partial charge in [-0.25, -0.2) is 0 Å². The van der Waals surface area contributed by atoms with Crippen LogP contribution in [0.3, 0.4) is 0 Å². The van der Waals surface area contributed by atoms with Gasteiger partial charge in [0.1, 0.15) is 22.7 Å². The quantitative estimate of drug-likeness (QED) is 0.380. The van der Waals surface area contributed by atoms with Crippen LogP contribution in [0, 0.1) is 6.92 Å². The first-order chi connectivity index (χ1) is 14.4. The second kappa shape index (κ2) is 8.30. The minimum absolute atomic E-state index is 0.0240. The Balaban J connectivity index is 1.80. The second-order valence-electron chi connectivity index (χ2n) is 8.53. The highest BCUT2D eigenvalue weighted by Crippen LogP contribution is 2.29. The predicted octanol–water partition coefficient (Wildman–Crippen LogP) is 2.71. The number of nitrogens with zero attached hydrogens (tertiary/aromatic N) is 1. The van der Waals surface area contributed by atoms with Gasteiger partial charge in [-0.2, -0.15) is 8.42 Å². The summed E-state index contributed by atoms with van der Waals surface area (Å²) in [5.74, 6) is -1.18. The number of carbonyl (C=O) groups excluding carboxylic acids is 2. The van der Waals surface area contributed by atoms with Crippen molar-refractivity contribution in [1.29, 1.82) is 0 Å². The maximum atomic E-state index is 12.6. The Morgan fingerprint density at radius 2 is 1.77 bits per heavy atom. The predicted molar refractivity (Wildman–Crippen MR) is 113 cm³/mol. The normalized spacial score (nSPS) is 15.9. The Labute approximate surface area is 180 Å².